The number of methoxy groups -OCH3 is 1. The number of alkyl halides is 1. The maximum absolute atomic E-state index is 13.2. The summed E-state index contributed by atoms with van der Waals surface area (Å²) in [7, 11) is 1.28. The Morgan fingerprint density at radius 2 is 2.07 bits per heavy atom. The molecule has 0 fully saturated rings. The highest BCUT2D eigenvalue weighted by atomic mass is 35.5. The summed E-state index contributed by atoms with van der Waals surface area (Å²) in [5.41, 5.74) is 0.156. The van der Waals surface area contributed by atoms with Gasteiger partial charge in [-0.2, -0.15) is 4.39 Å². The number of hydrogen-bond acceptors (Lipinski definition) is 1. The van der Waals surface area contributed by atoms with Crippen LogP contribution in [-0.2, 0) is 0 Å². The molecule has 1 aromatic carbocycles. The third-order valence-corrected chi connectivity index (χ3v) is 1.86. The van der Waals surface area contributed by atoms with E-state index in [1.807, 2.05) is 0 Å². The van der Waals surface area contributed by atoms with Crippen LogP contribution in [0.1, 0.15) is 5.56 Å². The van der Waals surface area contributed by atoms with Gasteiger partial charge in [0.05, 0.1) is 7.11 Å². The van der Waals surface area contributed by atoms with Gasteiger partial charge in [-0.3, -0.25) is 0 Å². The maximum atomic E-state index is 13.2. The third kappa shape index (κ3) is 2.23. The Morgan fingerprint density at radius 1 is 1.36 bits per heavy atom. The standard InChI is InChI=1S/C10H9ClF2O/c1-14-8-5-4-7(3-2-6-11)9(12)10(8)13/h2-5H,6H2,1H3. The lowest BCUT2D eigenvalue weighted by molar-refractivity contribution is 0.371. The van der Waals surface area contributed by atoms with Crippen molar-refractivity contribution < 1.29 is 13.5 Å². The van der Waals surface area contributed by atoms with Crippen LogP contribution < -0.4 is 4.74 Å². The highest BCUT2D eigenvalue weighted by Gasteiger charge is 2.11. The third-order valence-electron chi connectivity index (χ3n) is 1.68. The SMILES string of the molecule is COc1ccc(C=CCCl)c(F)c1F. The van der Waals surface area contributed by atoms with Crippen LogP contribution in [-0.4, -0.2) is 13.0 Å². The molecule has 0 atom stereocenters. The first-order chi connectivity index (χ1) is 6.70. The van der Waals surface area contributed by atoms with Crippen LogP contribution >= 0.6 is 11.6 Å². The van der Waals surface area contributed by atoms with Gasteiger partial charge in [0.15, 0.2) is 11.6 Å². The first-order valence-corrected chi connectivity index (χ1v) is 4.48. The average Bonchev–Trinajstić information content (AvgIpc) is 2.20. The molecule has 1 aromatic rings. The highest BCUT2D eigenvalue weighted by molar-refractivity contribution is 6.19. The molecule has 0 aliphatic carbocycles. The van der Waals surface area contributed by atoms with Crippen molar-refractivity contribution in [1.82, 2.24) is 0 Å². The molecular formula is C10H9ClF2O. The van der Waals surface area contributed by atoms with Crippen LogP contribution in [0.25, 0.3) is 6.08 Å². The number of halogens is 3. The Bertz CT molecular complexity index is 350. The Kier molecular flexibility index (Phi) is 3.89. The van der Waals surface area contributed by atoms with E-state index in [0.717, 1.165) is 0 Å². The van der Waals surface area contributed by atoms with E-state index in [2.05, 4.69) is 4.74 Å². The highest BCUT2D eigenvalue weighted by Crippen LogP contribution is 2.22. The molecule has 0 aromatic heterocycles. The Balaban J connectivity index is 3.10. The van der Waals surface area contributed by atoms with Crippen molar-refractivity contribution in [2.75, 3.05) is 13.0 Å². The zero-order valence-corrected chi connectivity index (χ0v) is 8.31. The smallest absolute Gasteiger partial charge is 0.201 e. The molecule has 0 radical (unpaired) electrons. The number of ether oxygens (including phenoxy) is 1. The molecule has 4 heteroatoms. The molecule has 0 amide bonds. The number of rotatable bonds is 3. The molecule has 0 N–H and O–H groups in total. The molecule has 1 nitrogen and oxygen atoms in total. The molecule has 0 aliphatic heterocycles. The van der Waals surface area contributed by atoms with E-state index >= 15 is 0 Å². The van der Waals surface area contributed by atoms with E-state index in [1.165, 1.54) is 31.4 Å². The van der Waals surface area contributed by atoms with Crippen molar-refractivity contribution in [2.45, 2.75) is 0 Å². The summed E-state index contributed by atoms with van der Waals surface area (Å²) < 4.78 is 31.0. The molecule has 0 unspecified atom stereocenters. The normalized spacial score (nSPS) is 10.9. The van der Waals surface area contributed by atoms with E-state index in [-0.39, 0.29) is 17.2 Å². The lowest BCUT2D eigenvalue weighted by atomic mass is 10.2. The lowest BCUT2D eigenvalue weighted by Crippen LogP contribution is -1.94. The van der Waals surface area contributed by atoms with Crippen LogP contribution in [0, 0.1) is 11.6 Å². The molecule has 0 saturated heterocycles. The molecule has 0 bridgehead atoms. The Labute approximate surface area is 85.9 Å². The molecule has 14 heavy (non-hydrogen) atoms. The van der Waals surface area contributed by atoms with Gasteiger partial charge in [-0.1, -0.05) is 12.2 Å². The fraction of sp³-hybridized carbons (Fsp3) is 0.200. The van der Waals surface area contributed by atoms with Crippen molar-refractivity contribution in [1.29, 1.82) is 0 Å². The minimum absolute atomic E-state index is 0.106. The largest absolute Gasteiger partial charge is 0.494 e. The molecule has 1 rings (SSSR count). The molecule has 0 spiro atoms. The first kappa shape index (κ1) is 11.0. The van der Waals surface area contributed by atoms with Crippen LogP contribution in [0.5, 0.6) is 5.75 Å². The molecule has 76 valence electrons. The zero-order valence-electron chi connectivity index (χ0n) is 7.56. The van der Waals surface area contributed by atoms with E-state index < -0.39 is 11.6 Å². The minimum Gasteiger partial charge on any atom is -0.494 e. The maximum Gasteiger partial charge on any atom is 0.201 e. The summed E-state index contributed by atoms with van der Waals surface area (Å²) in [5.74, 6) is -1.76. The van der Waals surface area contributed by atoms with E-state index in [4.69, 9.17) is 11.6 Å². The summed E-state index contributed by atoms with van der Waals surface area (Å²) in [6.07, 6.45) is 2.96. The summed E-state index contributed by atoms with van der Waals surface area (Å²) in [6.45, 7) is 0. The summed E-state index contributed by atoms with van der Waals surface area (Å²) in [6, 6.07) is 2.80. The van der Waals surface area contributed by atoms with Crippen LogP contribution in [0.15, 0.2) is 18.2 Å². The van der Waals surface area contributed by atoms with E-state index in [0.29, 0.717) is 0 Å². The predicted molar refractivity (Wildman–Crippen MR) is 52.7 cm³/mol. The van der Waals surface area contributed by atoms with Crippen LogP contribution in [0.3, 0.4) is 0 Å². The van der Waals surface area contributed by atoms with Gasteiger partial charge in [-0.05, 0) is 12.1 Å². The minimum atomic E-state index is -0.982. The van der Waals surface area contributed by atoms with Gasteiger partial charge in [-0.15, -0.1) is 11.6 Å². The van der Waals surface area contributed by atoms with Gasteiger partial charge in [0.1, 0.15) is 0 Å². The summed E-state index contributed by atoms with van der Waals surface area (Å²) in [4.78, 5) is 0. The van der Waals surface area contributed by atoms with Crippen LogP contribution in [0.2, 0.25) is 0 Å². The summed E-state index contributed by atoms with van der Waals surface area (Å²) >= 11 is 5.37. The molecule has 0 heterocycles. The van der Waals surface area contributed by atoms with Gasteiger partial charge < -0.3 is 4.74 Å². The summed E-state index contributed by atoms with van der Waals surface area (Å²) in [5, 5.41) is 0. The Morgan fingerprint density at radius 3 is 2.64 bits per heavy atom. The van der Waals surface area contributed by atoms with Crippen molar-refractivity contribution in [2.24, 2.45) is 0 Å². The van der Waals surface area contributed by atoms with Crippen molar-refractivity contribution in [3.05, 3.63) is 35.4 Å². The van der Waals surface area contributed by atoms with Gasteiger partial charge >= 0.3 is 0 Å². The molecule has 0 saturated carbocycles. The zero-order chi connectivity index (χ0) is 10.6. The first-order valence-electron chi connectivity index (χ1n) is 3.95. The quantitative estimate of drug-likeness (QED) is 0.708. The molecular weight excluding hydrogens is 210 g/mol. The average molecular weight is 219 g/mol. The molecule has 0 aliphatic rings. The number of allylic oxidation sites excluding steroid dienone is 1. The lowest BCUT2D eigenvalue weighted by Gasteiger charge is -2.04. The number of hydrogen-bond donors (Lipinski definition) is 0. The van der Waals surface area contributed by atoms with Crippen molar-refractivity contribution in [3.63, 3.8) is 0 Å². The topological polar surface area (TPSA) is 9.23 Å². The van der Waals surface area contributed by atoms with Gasteiger partial charge in [-0.25, -0.2) is 4.39 Å². The number of benzene rings is 1. The van der Waals surface area contributed by atoms with Crippen molar-refractivity contribution in [3.8, 4) is 5.75 Å². The van der Waals surface area contributed by atoms with Gasteiger partial charge in [0.25, 0.3) is 0 Å². The van der Waals surface area contributed by atoms with Crippen molar-refractivity contribution >= 4 is 17.7 Å². The fourth-order valence-electron chi connectivity index (χ4n) is 1.00. The Hall–Kier alpha value is -1.09. The second-order valence-corrected chi connectivity index (χ2v) is 2.85. The monoisotopic (exact) mass is 218 g/mol. The fourth-order valence-corrected chi connectivity index (χ4v) is 1.09. The predicted octanol–water partition coefficient (Wildman–Crippen LogP) is 3.23. The van der Waals surface area contributed by atoms with E-state index in [1.54, 1.807) is 0 Å². The van der Waals surface area contributed by atoms with Gasteiger partial charge in [0.2, 0.25) is 5.82 Å². The second-order valence-electron chi connectivity index (χ2n) is 2.54. The van der Waals surface area contributed by atoms with Gasteiger partial charge in [0, 0.05) is 11.4 Å². The second kappa shape index (κ2) is 4.96. The van der Waals surface area contributed by atoms with Crippen LogP contribution in [0.4, 0.5) is 8.78 Å². The van der Waals surface area contributed by atoms with E-state index in [9.17, 15) is 8.78 Å².